The van der Waals surface area contributed by atoms with Crippen LogP contribution in [0.1, 0.15) is 11.3 Å². The summed E-state index contributed by atoms with van der Waals surface area (Å²) in [6.45, 7) is 0.321. The molecule has 0 atom stereocenters. The van der Waals surface area contributed by atoms with Crippen molar-refractivity contribution in [2.75, 3.05) is 6.54 Å². The summed E-state index contributed by atoms with van der Waals surface area (Å²) in [6.07, 6.45) is 3.35. The lowest BCUT2D eigenvalue weighted by molar-refractivity contribution is 0.555. The molecule has 0 radical (unpaired) electrons. The maximum Gasteiger partial charge on any atom is 0.215 e. The first-order valence-electron chi connectivity index (χ1n) is 5.54. The van der Waals surface area contributed by atoms with Crippen LogP contribution in [0.3, 0.4) is 0 Å². The maximum absolute atomic E-state index is 11.8. The molecule has 0 aliphatic heterocycles. The number of aromatic nitrogens is 1. The predicted octanol–water partition coefficient (Wildman–Crippen LogP) is 1.34. The summed E-state index contributed by atoms with van der Waals surface area (Å²) in [6, 6.07) is 9.07. The fourth-order valence-electron chi connectivity index (χ4n) is 1.54. The van der Waals surface area contributed by atoms with E-state index in [1.165, 1.54) is 12.7 Å². The van der Waals surface area contributed by atoms with Gasteiger partial charge in [-0.25, -0.2) is 18.1 Å². The van der Waals surface area contributed by atoms with E-state index in [0.29, 0.717) is 13.0 Å². The Hall–Kier alpha value is -1.66. The Kier molecular flexibility index (Phi) is 4.11. The zero-order valence-corrected chi connectivity index (χ0v) is 10.6. The van der Waals surface area contributed by atoms with Crippen molar-refractivity contribution in [1.82, 2.24) is 9.71 Å². The van der Waals surface area contributed by atoms with Crippen LogP contribution in [-0.2, 0) is 22.2 Å². The van der Waals surface area contributed by atoms with Crippen molar-refractivity contribution in [3.63, 3.8) is 0 Å². The summed E-state index contributed by atoms with van der Waals surface area (Å²) in [5.41, 5.74) is 1.50. The summed E-state index contributed by atoms with van der Waals surface area (Å²) in [7, 11) is -3.30. The van der Waals surface area contributed by atoms with Gasteiger partial charge in [0.1, 0.15) is 6.26 Å². The molecule has 18 heavy (non-hydrogen) atoms. The number of benzene rings is 1. The van der Waals surface area contributed by atoms with Crippen molar-refractivity contribution >= 4 is 10.0 Å². The van der Waals surface area contributed by atoms with Crippen LogP contribution in [0.5, 0.6) is 0 Å². The molecule has 1 aromatic heterocycles. The van der Waals surface area contributed by atoms with Gasteiger partial charge >= 0.3 is 0 Å². The molecule has 0 aliphatic rings. The van der Waals surface area contributed by atoms with Crippen LogP contribution in [0, 0.1) is 0 Å². The number of hydrogen-bond acceptors (Lipinski definition) is 4. The van der Waals surface area contributed by atoms with Gasteiger partial charge in [-0.1, -0.05) is 30.3 Å². The van der Waals surface area contributed by atoms with Gasteiger partial charge in [-0.05, 0) is 5.56 Å². The Labute approximate surface area is 106 Å². The van der Waals surface area contributed by atoms with E-state index in [9.17, 15) is 8.42 Å². The zero-order chi connectivity index (χ0) is 12.8. The van der Waals surface area contributed by atoms with Crippen LogP contribution >= 0.6 is 0 Å². The second-order valence-electron chi connectivity index (χ2n) is 3.87. The highest BCUT2D eigenvalue weighted by molar-refractivity contribution is 7.88. The Morgan fingerprint density at radius 2 is 2.00 bits per heavy atom. The molecule has 96 valence electrons. The number of nitrogens with one attached hydrogen (secondary N) is 1. The van der Waals surface area contributed by atoms with Crippen molar-refractivity contribution in [2.24, 2.45) is 0 Å². The lowest BCUT2D eigenvalue weighted by Crippen LogP contribution is -2.27. The van der Waals surface area contributed by atoms with Gasteiger partial charge in [0.25, 0.3) is 0 Å². The van der Waals surface area contributed by atoms with E-state index in [2.05, 4.69) is 9.71 Å². The van der Waals surface area contributed by atoms with Crippen molar-refractivity contribution in [3.8, 4) is 0 Å². The molecule has 0 fully saturated rings. The average molecular weight is 266 g/mol. The fourth-order valence-corrected chi connectivity index (χ4v) is 2.69. The minimum absolute atomic E-state index is 0.00729. The molecule has 1 aromatic carbocycles. The molecular weight excluding hydrogens is 252 g/mol. The average Bonchev–Trinajstić information content (AvgIpc) is 2.82. The van der Waals surface area contributed by atoms with Crippen LogP contribution in [0.4, 0.5) is 0 Å². The molecule has 1 heterocycles. The monoisotopic (exact) mass is 266 g/mol. The summed E-state index contributed by atoms with van der Waals surface area (Å²) >= 11 is 0. The van der Waals surface area contributed by atoms with Crippen LogP contribution in [-0.4, -0.2) is 19.9 Å². The van der Waals surface area contributed by atoms with Gasteiger partial charge in [0, 0.05) is 13.0 Å². The third-order valence-corrected chi connectivity index (χ3v) is 3.74. The van der Waals surface area contributed by atoms with E-state index in [4.69, 9.17) is 4.42 Å². The predicted molar refractivity (Wildman–Crippen MR) is 67.3 cm³/mol. The maximum atomic E-state index is 11.8. The normalized spacial score (nSPS) is 11.6. The molecule has 0 saturated heterocycles. The second kappa shape index (κ2) is 5.79. The number of oxazole rings is 1. The summed E-state index contributed by atoms with van der Waals surface area (Å²) in [4.78, 5) is 3.92. The number of nitrogens with zero attached hydrogens (tertiary/aromatic N) is 1. The molecule has 6 heteroatoms. The standard InChI is InChI=1S/C12H14N2O3S/c15-18(16,9-11-4-2-1-3-5-11)14-7-6-12-8-17-10-13-12/h1-5,8,10,14H,6-7,9H2. The van der Waals surface area contributed by atoms with Gasteiger partial charge in [0.05, 0.1) is 11.4 Å². The molecule has 0 amide bonds. The third kappa shape index (κ3) is 3.97. The molecule has 0 bridgehead atoms. The Bertz CT molecular complexity index is 565. The van der Waals surface area contributed by atoms with E-state index in [0.717, 1.165) is 11.3 Å². The first-order valence-corrected chi connectivity index (χ1v) is 7.19. The van der Waals surface area contributed by atoms with Gasteiger partial charge in [0.2, 0.25) is 10.0 Å². The lowest BCUT2D eigenvalue weighted by atomic mass is 10.2. The molecular formula is C12H14N2O3S. The van der Waals surface area contributed by atoms with Gasteiger partial charge in [0.15, 0.2) is 6.39 Å². The van der Waals surface area contributed by atoms with E-state index in [1.807, 2.05) is 18.2 Å². The minimum atomic E-state index is -3.30. The molecule has 0 spiro atoms. The van der Waals surface area contributed by atoms with E-state index >= 15 is 0 Å². The van der Waals surface area contributed by atoms with Crippen molar-refractivity contribution in [3.05, 3.63) is 54.2 Å². The first kappa shape index (κ1) is 12.8. The van der Waals surface area contributed by atoms with Crippen LogP contribution in [0.25, 0.3) is 0 Å². The van der Waals surface area contributed by atoms with Gasteiger partial charge in [-0.15, -0.1) is 0 Å². The van der Waals surface area contributed by atoms with Crippen LogP contribution in [0.15, 0.2) is 47.4 Å². The smallest absolute Gasteiger partial charge is 0.215 e. The van der Waals surface area contributed by atoms with E-state index in [-0.39, 0.29) is 5.75 Å². The Balaban J connectivity index is 1.84. The Morgan fingerprint density at radius 3 is 2.67 bits per heavy atom. The Morgan fingerprint density at radius 1 is 1.22 bits per heavy atom. The third-order valence-electron chi connectivity index (χ3n) is 2.39. The molecule has 0 aliphatic carbocycles. The van der Waals surface area contributed by atoms with Gasteiger partial charge < -0.3 is 4.42 Å². The van der Waals surface area contributed by atoms with Crippen molar-refractivity contribution in [1.29, 1.82) is 0 Å². The summed E-state index contributed by atoms with van der Waals surface area (Å²) in [5, 5.41) is 0. The van der Waals surface area contributed by atoms with E-state index in [1.54, 1.807) is 12.1 Å². The molecule has 2 rings (SSSR count). The molecule has 0 saturated carbocycles. The molecule has 0 unspecified atom stereocenters. The quantitative estimate of drug-likeness (QED) is 0.856. The largest absolute Gasteiger partial charge is 0.451 e. The number of rotatable bonds is 6. The number of sulfonamides is 1. The number of hydrogen-bond donors (Lipinski definition) is 1. The molecule has 2 aromatic rings. The minimum Gasteiger partial charge on any atom is -0.451 e. The van der Waals surface area contributed by atoms with Crippen LogP contribution in [0.2, 0.25) is 0 Å². The molecule has 5 nitrogen and oxygen atoms in total. The second-order valence-corrected chi connectivity index (χ2v) is 5.68. The first-order chi connectivity index (χ1) is 8.66. The summed E-state index contributed by atoms with van der Waals surface area (Å²) < 4.78 is 30.9. The highest BCUT2D eigenvalue weighted by atomic mass is 32.2. The lowest BCUT2D eigenvalue weighted by Gasteiger charge is -2.05. The van der Waals surface area contributed by atoms with Gasteiger partial charge in [-0.3, -0.25) is 0 Å². The topological polar surface area (TPSA) is 72.2 Å². The van der Waals surface area contributed by atoms with Crippen LogP contribution < -0.4 is 4.72 Å². The summed E-state index contributed by atoms with van der Waals surface area (Å²) in [5.74, 6) is -0.00729. The van der Waals surface area contributed by atoms with Crippen molar-refractivity contribution < 1.29 is 12.8 Å². The highest BCUT2D eigenvalue weighted by Crippen LogP contribution is 2.04. The zero-order valence-electron chi connectivity index (χ0n) is 9.74. The fraction of sp³-hybridized carbons (Fsp3) is 0.250. The SMILES string of the molecule is O=S(=O)(Cc1ccccc1)NCCc1cocn1. The molecule has 1 N–H and O–H groups in total. The van der Waals surface area contributed by atoms with E-state index < -0.39 is 10.0 Å². The highest BCUT2D eigenvalue weighted by Gasteiger charge is 2.10. The van der Waals surface area contributed by atoms with Crippen molar-refractivity contribution in [2.45, 2.75) is 12.2 Å². The van der Waals surface area contributed by atoms with Gasteiger partial charge in [-0.2, -0.15) is 0 Å².